The van der Waals surface area contributed by atoms with Crippen molar-refractivity contribution >= 4 is 22.4 Å². The van der Waals surface area contributed by atoms with Crippen LogP contribution in [0, 0.1) is 6.92 Å². The van der Waals surface area contributed by atoms with E-state index < -0.39 is 0 Å². The first-order valence-corrected chi connectivity index (χ1v) is 9.21. The summed E-state index contributed by atoms with van der Waals surface area (Å²) in [5.74, 6) is -0.0293. The molecule has 0 radical (unpaired) electrons. The Morgan fingerprint density at radius 2 is 1.88 bits per heavy atom. The van der Waals surface area contributed by atoms with Crippen LogP contribution in [0.5, 0.6) is 0 Å². The molecular formula is C18H26N4OS. The Hall–Kier alpha value is -1.92. The maximum Gasteiger partial charge on any atom is 0.251 e. The minimum absolute atomic E-state index is 0.0293. The second-order valence-electron chi connectivity index (χ2n) is 5.58. The van der Waals surface area contributed by atoms with Crippen molar-refractivity contribution in [2.24, 2.45) is 0 Å². The molecule has 24 heavy (non-hydrogen) atoms. The summed E-state index contributed by atoms with van der Waals surface area (Å²) in [5, 5.41) is 7.34. The molecule has 0 spiro atoms. The lowest BCUT2D eigenvalue weighted by molar-refractivity contribution is 0.0954. The van der Waals surface area contributed by atoms with E-state index in [1.54, 1.807) is 11.3 Å². The Morgan fingerprint density at radius 3 is 2.54 bits per heavy atom. The molecule has 2 rings (SSSR count). The van der Waals surface area contributed by atoms with E-state index >= 15 is 0 Å². The number of aryl methyl sites for hydroxylation is 1. The van der Waals surface area contributed by atoms with E-state index in [1.165, 1.54) is 4.88 Å². The second kappa shape index (κ2) is 9.39. The zero-order valence-corrected chi connectivity index (χ0v) is 15.4. The van der Waals surface area contributed by atoms with Gasteiger partial charge in [-0.05, 0) is 32.9 Å². The van der Waals surface area contributed by atoms with E-state index in [0.29, 0.717) is 12.1 Å². The van der Waals surface area contributed by atoms with Gasteiger partial charge in [0.2, 0.25) is 0 Å². The van der Waals surface area contributed by atoms with Crippen molar-refractivity contribution in [2.45, 2.75) is 27.3 Å². The van der Waals surface area contributed by atoms with Crippen LogP contribution in [0.1, 0.15) is 34.6 Å². The molecule has 0 aliphatic heterocycles. The number of carbonyl (C=O) groups excluding carboxylic acids is 1. The molecule has 0 atom stereocenters. The highest BCUT2D eigenvalue weighted by molar-refractivity contribution is 7.15. The van der Waals surface area contributed by atoms with Crippen LogP contribution in [0.3, 0.4) is 0 Å². The zero-order valence-electron chi connectivity index (χ0n) is 14.6. The standard InChI is InChI=1S/C18H26N4OS/c1-4-22(5-2)18-21-13-16(24-18)12-19-10-11-20-17(23)15-8-6-14(3)7-9-15/h6-9,13,19H,4-5,10-12H2,1-3H3,(H,20,23). The first kappa shape index (κ1) is 18.4. The molecule has 0 unspecified atom stereocenters. The van der Waals surface area contributed by atoms with Gasteiger partial charge < -0.3 is 15.5 Å². The van der Waals surface area contributed by atoms with Gasteiger partial charge in [0.05, 0.1) is 0 Å². The molecule has 6 heteroatoms. The topological polar surface area (TPSA) is 57.3 Å². The summed E-state index contributed by atoms with van der Waals surface area (Å²) in [7, 11) is 0. The third kappa shape index (κ3) is 5.32. The van der Waals surface area contributed by atoms with E-state index in [1.807, 2.05) is 37.4 Å². The summed E-state index contributed by atoms with van der Waals surface area (Å²) in [6.07, 6.45) is 1.93. The van der Waals surface area contributed by atoms with Crippen LogP contribution >= 0.6 is 11.3 Å². The first-order valence-electron chi connectivity index (χ1n) is 8.39. The van der Waals surface area contributed by atoms with E-state index in [0.717, 1.165) is 36.9 Å². The lowest BCUT2D eigenvalue weighted by Gasteiger charge is -2.16. The minimum atomic E-state index is -0.0293. The Labute approximate surface area is 148 Å². The van der Waals surface area contributed by atoms with Gasteiger partial charge in [0.25, 0.3) is 5.91 Å². The maximum absolute atomic E-state index is 12.0. The number of benzene rings is 1. The molecular weight excluding hydrogens is 320 g/mol. The number of hydrogen-bond donors (Lipinski definition) is 2. The maximum atomic E-state index is 12.0. The summed E-state index contributed by atoms with van der Waals surface area (Å²) >= 11 is 1.72. The SMILES string of the molecule is CCN(CC)c1ncc(CNCCNC(=O)c2ccc(C)cc2)s1. The van der Waals surface area contributed by atoms with Gasteiger partial charge in [0.1, 0.15) is 0 Å². The Morgan fingerprint density at radius 1 is 1.17 bits per heavy atom. The predicted molar refractivity (Wildman–Crippen MR) is 101 cm³/mol. The fourth-order valence-electron chi connectivity index (χ4n) is 2.30. The number of nitrogens with zero attached hydrogens (tertiary/aromatic N) is 2. The van der Waals surface area contributed by atoms with Crippen LogP contribution in [0.15, 0.2) is 30.5 Å². The molecule has 2 N–H and O–H groups in total. The average Bonchev–Trinajstić information content (AvgIpc) is 3.05. The number of rotatable bonds is 9. The van der Waals surface area contributed by atoms with Gasteiger partial charge in [-0.3, -0.25) is 4.79 Å². The van der Waals surface area contributed by atoms with Crippen molar-refractivity contribution in [2.75, 3.05) is 31.1 Å². The van der Waals surface area contributed by atoms with Crippen molar-refractivity contribution in [1.82, 2.24) is 15.6 Å². The summed E-state index contributed by atoms with van der Waals surface area (Å²) in [5.41, 5.74) is 1.86. The molecule has 0 saturated heterocycles. The van der Waals surface area contributed by atoms with Crippen LogP contribution in [0.25, 0.3) is 0 Å². The highest BCUT2D eigenvalue weighted by Crippen LogP contribution is 2.21. The molecule has 0 aliphatic rings. The molecule has 1 aromatic heterocycles. The summed E-state index contributed by atoms with van der Waals surface area (Å²) in [4.78, 5) is 19.9. The first-order chi connectivity index (χ1) is 11.6. The van der Waals surface area contributed by atoms with Crippen LogP contribution in [-0.4, -0.2) is 37.1 Å². The highest BCUT2D eigenvalue weighted by atomic mass is 32.1. The summed E-state index contributed by atoms with van der Waals surface area (Å²) in [6.45, 7) is 10.4. The monoisotopic (exact) mass is 346 g/mol. The minimum Gasteiger partial charge on any atom is -0.351 e. The van der Waals surface area contributed by atoms with Crippen molar-refractivity contribution < 1.29 is 4.79 Å². The molecule has 1 heterocycles. The molecule has 0 bridgehead atoms. The fraction of sp³-hybridized carbons (Fsp3) is 0.444. The Kier molecular flexibility index (Phi) is 7.21. The van der Waals surface area contributed by atoms with E-state index in [2.05, 4.69) is 34.4 Å². The number of anilines is 1. The molecule has 5 nitrogen and oxygen atoms in total. The highest BCUT2D eigenvalue weighted by Gasteiger charge is 2.07. The Bertz CT molecular complexity index is 635. The van der Waals surface area contributed by atoms with Crippen molar-refractivity contribution in [1.29, 1.82) is 0 Å². The van der Waals surface area contributed by atoms with E-state index in [9.17, 15) is 4.79 Å². The molecule has 0 aliphatic carbocycles. The number of amides is 1. The van der Waals surface area contributed by atoms with Gasteiger partial charge in [0, 0.05) is 49.4 Å². The number of hydrogen-bond acceptors (Lipinski definition) is 5. The smallest absolute Gasteiger partial charge is 0.251 e. The van der Waals surface area contributed by atoms with Crippen LogP contribution in [-0.2, 0) is 6.54 Å². The number of carbonyl (C=O) groups is 1. The Balaban J connectivity index is 1.68. The second-order valence-corrected chi connectivity index (χ2v) is 6.67. The van der Waals surface area contributed by atoms with Crippen molar-refractivity contribution in [3.63, 3.8) is 0 Å². The molecule has 130 valence electrons. The number of nitrogens with one attached hydrogen (secondary N) is 2. The molecule has 1 amide bonds. The third-order valence-corrected chi connectivity index (χ3v) is 4.83. The number of thiazole rings is 1. The van der Waals surface area contributed by atoms with Gasteiger partial charge in [-0.15, -0.1) is 11.3 Å². The van der Waals surface area contributed by atoms with Gasteiger partial charge in [0.15, 0.2) is 5.13 Å². The van der Waals surface area contributed by atoms with Gasteiger partial charge >= 0.3 is 0 Å². The van der Waals surface area contributed by atoms with E-state index in [-0.39, 0.29) is 5.91 Å². The van der Waals surface area contributed by atoms with E-state index in [4.69, 9.17) is 0 Å². The van der Waals surface area contributed by atoms with Crippen molar-refractivity contribution in [3.8, 4) is 0 Å². The molecule has 0 fully saturated rings. The average molecular weight is 347 g/mol. The van der Waals surface area contributed by atoms with Crippen LogP contribution in [0.2, 0.25) is 0 Å². The lowest BCUT2D eigenvalue weighted by Crippen LogP contribution is -2.31. The normalized spacial score (nSPS) is 10.6. The van der Waals surface area contributed by atoms with Crippen LogP contribution < -0.4 is 15.5 Å². The fourth-order valence-corrected chi connectivity index (χ4v) is 3.31. The van der Waals surface area contributed by atoms with Crippen molar-refractivity contribution in [3.05, 3.63) is 46.5 Å². The molecule has 2 aromatic rings. The summed E-state index contributed by atoms with van der Waals surface area (Å²) < 4.78 is 0. The predicted octanol–water partition coefficient (Wildman–Crippen LogP) is 2.82. The van der Waals surface area contributed by atoms with Gasteiger partial charge in [-0.2, -0.15) is 0 Å². The largest absolute Gasteiger partial charge is 0.351 e. The van der Waals surface area contributed by atoms with Crippen LogP contribution in [0.4, 0.5) is 5.13 Å². The third-order valence-electron chi connectivity index (χ3n) is 3.78. The lowest BCUT2D eigenvalue weighted by atomic mass is 10.1. The van der Waals surface area contributed by atoms with Gasteiger partial charge in [-0.1, -0.05) is 17.7 Å². The quantitative estimate of drug-likeness (QED) is 0.686. The molecule has 1 aromatic carbocycles. The molecule has 0 saturated carbocycles. The summed E-state index contributed by atoms with van der Waals surface area (Å²) in [6, 6.07) is 7.60. The number of aromatic nitrogens is 1. The zero-order chi connectivity index (χ0) is 17.4. The van der Waals surface area contributed by atoms with Gasteiger partial charge in [-0.25, -0.2) is 4.98 Å².